The molecule has 0 radical (unpaired) electrons. The van der Waals surface area contributed by atoms with Crippen LogP contribution >= 0.6 is 0 Å². The molecule has 4 nitrogen and oxygen atoms in total. The fourth-order valence-corrected chi connectivity index (χ4v) is 4.36. The number of ether oxygens (including phenoxy) is 1. The Kier molecular flexibility index (Phi) is 7.82. The minimum absolute atomic E-state index is 0.0402. The standard InChI is InChI=1S/C25H34N2O2/c1-18(2)22-13-12-19(3)15-24(22)29-25(28)16-23(20-9-5-4-6-10-20)27-17-21-11-7-8-14-26-21/h4-11,14,18-19,22-24,27H,12-13,15-17H2,1-3H3/t19-,22+,23?,24-/m1/s1. The molecule has 1 aromatic heterocycles. The molecular formula is C25H34N2O2. The molecule has 1 N–H and O–H groups in total. The van der Waals surface area contributed by atoms with E-state index in [1.165, 1.54) is 6.42 Å². The van der Waals surface area contributed by atoms with Gasteiger partial charge in [0.1, 0.15) is 6.10 Å². The van der Waals surface area contributed by atoms with Gasteiger partial charge < -0.3 is 10.1 Å². The first-order valence-electron chi connectivity index (χ1n) is 10.9. The number of carbonyl (C=O) groups is 1. The SMILES string of the molecule is CC(C)[C@@H]1CC[C@@H](C)C[C@H]1OC(=O)CC(NCc1ccccn1)c1ccccc1. The molecule has 0 spiro atoms. The Bertz CT molecular complexity index is 748. The summed E-state index contributed by atoms with van der Waals surface area (Å²) in [5.41, 5.74) is 2.06. The highest BCUT2D eigenvalue weighted by Crippen LogP contribution is 2.35. The van der Waals surface area contributed by atoms with E-state index >= 15 is 0 Å². The molecule has 1 aliphatic carbocycles. The van der Waals surface area contributed by atoms with Crippen molar-refractivity contribution in [1.82, 2.24) is 10.3 Å². The van der Waals surface area contributed by atoms with Crippen LogP contribution in [0.2, 0.25) is 0 Å². The monoisotopic (exact) mass is 394 g/mol. The third-order valence-electron chi connectivity index (χ3n) is 6.07. The third kappa shape index (κ3) is 6.40. The van der Waals surface area contributed by atoms with Gasteiger partial charge in [0, 0.05) is 18.8 Å². The number of nitrogens with one attached hydrogen (secondary N) is 1. The molecular weight excluding hydrogens is 360 g/mol. The number of nitrogens with zero attached hydrogens (tertiary/aromatic N) is 1. The van der Waals surface area contributed by atoms with Crippen molar-refractivity contribution in [2.24, 2.45) is 17.8 Å². The molecule has 2 aromatic rings. The van der Waals surface area contributed by atoms with E-state index in [0.29, 0.717) is 30.7 Å². The zero-order chi connectivity index (χ0) is 20.6. The summed E-state index contributed by atoms with van der Waals surface area (Å²) in [6.07, 6.45) is 5.52. The van der Waals surface area contributed by atoms with E-state index in [9.17, 15) is 4.79 Å². The summed E-state index contributed by atoms with van der Waals surface area (Å²) in [6, 6.07) is 15.9. The Morgan fingerprint density at radius 2 is 1.90 bits per heavy atom. The molecule has 1 unspecified atom stereocenters. The van der Waals surface area contributed by atoms with E-state index in [4.69, 9.17) is 4.74 Å². The maximum atomic E-state index is 12.9. The van der Waals surface area contributed by atoms with Crippen molar-refractivity contribution in [3.05, 3.63) is 66.0 Å². The van der Waals surface area contributed by atoms with E-state index in [1.807, 2.05) is 36.4 Å². The molecule has 1 fully saturated rings. The molecule has 29 heavy (non-hydrogen) atoms. The molecule has 4 heteroatoms. The summed E-state index contributed by atoms with van der Waals surface area (Å²) in [6.45, 7) is 7.35. The van der Waals surface area contributed by atoms with Crippen LogP contribution in [-0.4, -0.2) is 17.1 Å². The number of carbonyl (C=O) groups excluding carboxylic acids is 1. The number of esters is 1. The zero-order valence-corrected chi connectivity index (χ0v) is 17.9. The third-order valence-corrected chi connectivity index (χ3v) is 6.07. The summed E-state index contributed by atoms with van der Waals surface area (Å²) in [5.74, 6) is 1.51. The van der Waals surface area contributed by atoms with Crippen LogP contribution in [0.1, 0.15) is 63.8 Å². The van der Waals surface area contributed by atoms with Crippen molar-refractivity contribution in [3.8, 4) is 0 Å². The average Bonchev–Trinajstić information content (AvgIpc) is 2.72. The fraction of sp³-hybridized carbons (Fsp3) is 0.520. The number of hydrogen-bond donors (Lipinski definition) is 1. The Labute approximate surface area is 175 Å². The van der Waals surface area contributed by atoms with Crippen LogP contribution in [0.25, 0.3) is 0 Å². The Balaban J connectivity index is 1.65. The average molecular weight is 395 g/mol. The lowest BCUT2D eigenvalue weighted by molar-refractivity contribution is -0.156. The minimum Gasteiger partial charge on any atom is -0.462 e. The Morgan fingerprint density at radius 3 is 2.59 bits per heavy atom. The van der Waals surface area contributed by atoms with Crippen LogP contribution in [0, 0.1) is 17.8 Å². The van der Waals surface area contributed by atoms with Crippen molar-refractivity contribution >= 4 is 5.97 Å². The van der Waals surface area contributed by atoms with E-state index in [2.05, 4.69) is 43.2 Å². The van der Waals surface area contributed by atoms with Crippen LogP contribution in [0.15, 0.2) is 54.7 Å². The van der Waals surface area contributed by atoms with Crippen LogP contribution in [-0.2, 0) is 16.1 Å². The molecule has 3 rings (SSSR count). The van der Waals surface area contributed by atoms with Gasteiger partial charge in [0.25, 0.3) is 0 Å². The summed E-state index contributed by atoms with van der Waals surface area (Å²) >= 11 is 0. The van der Waals surface area contributed by atoms with Gasteiger partial charge in [0.2, 0.25) is 0 Å². The summed E-state index contributed by atoms with van der Waals surface area (Å²) in [4.78, 5) is 17.3. The van der Waals surface area contributed by atoms with Gasteiger partial charge in [-0.15, -0.1) is 0 Å². The van der Waals surface area contributed by atoms with Crippen molar-refractivity contribution in [2.45, 2.75) is 65.1 Å². The van der Waals surface area contributed by atoms with Gasteiger partial charge in [-0.25, -0.2) is 0 Å². The second-order valence-corrected chi connectivity index (χ2v) is 8.72. The zero-order valence-electron chi connectivity index (χ0n) is 17.9. The van der Waals surface area contributed by atoms with Gasteiger partial charge in [-0.05, 0) is 48.3 Å². The van der Waals surface area contributed by atoms with Crippen LogP contribution < -0.4 is 5.32 Å². The molecule has 1 aromatic carbocycles. The summed E-state index contributed by atoms with van der Waals surface area (Å²) in [5, 5.41) is 3.50. The van der Waals surface area contributed by atoms with Crippen LogP contribution in [0.3, 0.4) is 0 Å². The highest BCUT2D eigenvalue weighted by atomic mass is 16.5. The molecule has 156 valence electrons. The van der Waals surface area contributed by atoms with Gasteiger partial charge in [-0.2, -0.15) is 0 Å². The fourth-order valence-electron chi connectivity index (χ4n) is 4.36. The number of benzene rings is 1. The van der Waals surface area contributed by atoms with Crippen molar-refractivity contribution in [1.29, 1.82) is 0 Å². The van der Waals surface area contributed by atoms with Gasteiger partial charge in [0.15, 0.2) is 0 Å². The quantitative estimate of drug-likeness (QED) is 0.617. The maximum Gasteiger partial charge on any atom is 0.308 e. The van der Waals surface area contributed by atoms with Crippen LogP contribution in [0.5, 0.6) is 0 Å². The maximum absolute atomic E-state index is 12.9. The first kappa shape index (κ1) is 21.5. The lowest BCUT2D eigenvalue weighted by Crippen LogP contribution is -2.36. The molecule has 0 amide bonds. The molecule has 0 aliphatic heterocycles. The van der Waals surface area contributed by atoms with Gasteiger partial charge in [-0.3, -0.25) is 9.78 Å². The highest BCUT2D eigenvalue weighted by Gasteiger charge is 2.33. The highest BCUT2D eigenvalue weighted by molar-refractivity contribution is 5.70. The lowest BCUT2D eigenvalue weighted by atomic mass is 9.75. The molecule has 1 aliphatic rings. The van der Waals surface area contributed by atoms with E-state index < -0.39 is 0 Å². The molecule has 1 heterocycles. The smallest absolute Gasteiger partial charge is 0.308 e. The normalized spacial score (nSPS) is 23.0. The predicted molar refractivity (Wildman–Crippen MR) is 116 cm³/mol. The minimum atomic E-state index is -0.114. The van der Waals surface area contributed by atoms with Gasteiger partial charge >= 0.3 is 5.97 Å². The van der Waals surface area contributed by atoms with Crippen LogP contribution in [0.4, 0.5) is 0 Å². The van der Waals surface area contributed by atoms with E-state index in [-0.39, 0.29) is 18.1 Å². The number of pyridine rings is 1. The van der Waals surface area contributed by atoms with Crippen molar-refractivity contribution in [3.63, 3.8) is 0 Å². The second-order valence-electron chi connectivity index (χ2n) is 8.72. The Morgan fingerprint density at radius 1 is 1.14 bits per heavy atom. The lowest BCUT2D eigenvalue weighted by Gasteiger charge is -2.37. The largest absolute Gasteiger partial charge is 0.462 e. The predicted octanol–water partition coefficient (Wildman–Crippen LogP) is 5.31. The number of aromatic nitrogens is 1. The molecule has 4 atom stereocenters. The van der Waals surface area contributed by atoms with Gasteiger partial charge in [0.05, 0.1) is 12.1 Å². The van der Waals surface area contributed by atoms with Gasteiger partial charge in [-0.1, -0.05) is 63.6 Å². The number of hydrogen-bond acceptors (Lipinski definition) is 4. The van der Waals surface area contributed by atoms with Crippen molar-refractivity contribution in [2.75, 3.05) is 0 Å². The summed E-state index contributed by atoms with van der Waals surface area (Å²) in [7, 11) is 0. The second kappa shape index (κ2) is 10.5. The number of rotatable bonds is 8. The van der Waals surface area contributed by atoms with E-state index in [0.717, 1.165) is 24.1 Å². The van der Waals surface area contributed by atoms with E-state index in [1.54, 1.807) is 6.20 Å². The molecule has 1 saturated carbocycles. The molecule has 0 saturated heterocycles. The Hall–Kier alpha value is -2.20. The topological polar surface area (TPSA) is 51.2 Å². The molecule has 0 bridgehead atoms. The van der Waals surface area contributed by atoms with Crippen molar-refractivity contribution < 1.29 is 9.53 Å². The summed E-state index contributed by atoms with van der Waals surface area (Å²) < 4.78 is 6.05. The first-order chi connectivity index (χ1) is 14.0. The first-order valence-corrected chi connectivity index (χ1v) is 10.9.